The maximum absolute atomic E-state index is 4.08. The van der Waals surface area contributed by atoms with E-state index in [0.717, 1.165) is 11.6 Å². The van der Waals surface area contributed by atoms with Gasteiger partial charge >= 0.3 is 0 Å². The topological polar surface area (TPSA) is 49.8 Å². The van der Waals surface area contributed by atoms with Crippen LogP contribution in [0.4, 0.5) is 5.69 Å². The average Bonchev–Trinajstić information content (AvgIpc) is 2.94. The first-order chi connectivity index (χ1) is 8.93. The molecule has 3 unspecified atom stereocenters. The number of hydrogen-bond donors (Lipinski definition) is 2. The predicted molar refractivity (Wildman–Crippen MR) is 72.4 cm³/mol. The predicted octanol–water partition coefficient (Wildman–Crippen LogP) is 2.20. The second kappa shape index (κ2) is 5.65. The van der Waals surface area contributed by atoms with Crippen LogP contribution in [0.1, 0.15) is 38.5 Å². The van der Waals surface area contributed by atoms with E-state index in [1.165, 1.54) is 45.1 Å². The molecule has 2 fully saturated rings. The standard InChI is InChI=1S/C14H22N4/c1-2-5-14(18-11-8-15-10-16-9-11)12(4-1)13-6-3-7-17-13/h8-10,12-14,17-18H,1-7H2. The third-order valence-corrected chi connectivity index (χ3v) is 4.35. The summed E-state index contributed by atoms with van der Waals surface area (Å²) in [4.78, 5) is 8.17. The van der Waals surface area contributed by atoms with Gasteiger partial charge in [0.05, 0.1) is 18.1 Å². The van der Waals surface area contributed by atoms with Crippen LogP contribution in [0, 0.1) is 5.92 Å². The molecule has 4 heteroatoms. The van der Waals surface area contributed by atoms with Crippen molar-refractivity contribution in [1.82, 2.24) is 15.3 Å². The highest BCUT2D eigenvalue weighted by Gasteiger charge is 2.33. The van der Waals surface area contributed by atoms with Crippen molar-refractivity contribution in [3.8, 4) is 0 Å². The van der Waals surface area contributed by atoms with Gasteiger partial charge in [-0.1, -0.05) is 12.8 Å². The first-order valence-electron chi connectivity index (χ1n) is 7.18. The average molecular weight is 246 g/mol. The molecule has 98 valence electrons. The molecule has 4 nitrogen and oxygen atoms in total. The second-order valence-corrected chi connectivity index (χ2v) is 5.53. The Morgan fingerprint density at radius 1 is 1.06 bits per heavy atom. The Hall–Kier alpha value is -1.16. The van der Waals surface area contributed by atoms with Crippen LogP contribution in [0.15, 0.2) is 18.7 Å². The molecule has 2 aliphatic rings. The highest BCUT2D eigenvalue weighted by Crippen LogP contribution is 2.32. The van der Waals surface area contributed by atoms with Crippen molar-refractivity contribution in [2.24, 2.45) is 5.92 Å². The van der Waals surface area contributed by atoms with E-state index in [1.807, 2.05) is 12.4 Å². The zero-order chi connectivity index (χ0) is 12.2. The lowest BCUT2D eigenvalue weighted by molar-refractivity contribution is 0.262. The SMILES string of the molecule is c1ncc(NC2CCCCC2C2CCCN2)cn1. The maximum Gasteiger partial charge on any atom is 0.115 e. The lowest BCUT2D eigenvalue weighted by Gasteiger charge is -2.36. The zero-order valence-corrected chi connectivity index (χ0v) is 10.8. The lowest BCUT2D eigenvalue weighted by atomic mass is 9.79. The molecule has 1 saturated carbocycles. The zero-order valence-electron chi connectivity index (χ0n) is 10.8. The van der Waals surface area contributed by atoms with E-state index in [2.05, 4.69) is 20.6 Å². The number of nitrogens with one attached hydrogen (secondary N) is 2. The molecule has 0 radical (unpaired) electrons. The Kier molecular flexibility index (Phi) is 3.74. The van der Waals surface area contributed by atoms with Gasteiger partial charge in [0, 0.05) is 12.1 Å². The van der Waals surface area contributed by atoms with E-state index >= 15 is 0 Å². The van der Waals surface area contributed by atoms with E-state index < -0.39 is 0 Å². The Labute approximate surface area is 109 Å². The molecule has 3 atom stereocenters. The van der Waals surface area contributed by atoms with E-state index in [1.54, 1.807) is 6.33 Å². The van der Waals surface area contributed by atoms with Crippen LogP contribution < -0.4 is 10.6 Å². The molecular weight excluding hydrogens is 224 g/mol. The van der Waals surface area contributed by atoms with Gasteiger partial charge in [-0.3, -0.25) is 0 Å². The van der Waals surface area contributed by atoms with Crippen LogP contribution in [0.2, 0.25) is 0 Å². The minimum absolute atomic E-state index is 0.584. The first kappa shape index (κ1) is 11.9. The fourth-order valence-corrected chi connectivity index (χ4v) is 3.49. The van der Waals surface area contributed by atoms with Crippen molar-refractivity contribution in [2.75, 3.05) is 11.9 Å². The summed E-state index contributed by atoms with van der Waals surface area (Å²) in [5.74, 6) is 0.765. The maximum atomic E-state index is 4.08. The summed E-state index contributed by atoms with van der Waals surface area (Å²) < 4.78 is 0. The van der Waals surface area contributed by atoms with Crippen molar-refractivity contribution in [1.29, 1.82) is 0 Å². The minimum atomic E-state index is 0.584. The number of rotatable bonds is 3. The van der Waals surface area contributed by atoms with Crippen molar-refractivity contribution < 1.29 is 0 Å². The molecule has 2 N–H and O–H groups in total. The number of nitrogens with zero attached hydrogens (tertiary/aromatic N) is 2. The van der Waals surface area contributed by atoms with Gasteiger partial charge < -0.3 is 10.6 Å². The Morgan fingerprint density at radius 3 is 2.67 bits per heavy atom. The fourth-order valence-electron chi connectivity index (χ4n) is 3.49. The normalized spacial score (nSPS) is 32.3. The van der Waals surface area contributed by atoms with Gasteiger partial charge in [0.15, 0.2) is 0 Å². The quantitative estimate of drug-likeness (QED) is 0.858. The molecule has 1 saturated heterocycles. The van der Waals surface area contributed by atoms with E-state index in [9.17, 15) is 0 Å². The third kappa shape index (κ3) is 2.64. The molecule has 1 aliphatic carbocycles. The summed E-state index contributed by atoms with van der Waals surface area (Å²) in [6, 6.07) is 1.30. The Morgan fingerprint density at radius 2 is 1.89 bits per heavy atom. The molecular formula is C14H22N4. The van der Waals surface area contributed by atoms with Gasteiger partial charge in [-0.2, -0.15) is 0 Å². The second-order valence-electron chi connectivity index (χ2n) is 5.53. The van der Waals surface area contributed by atoms with E-state index in [4.69, 9.17) is 0 Å². The first-order valence-corrected chi connectivity index (χ1v) is 7.18. The van der Waals surface area contributed by atoms with Gasteiger partial charge in [0.2, 0.25) is 0 Å². The summed E-state index contributed by atoms with van der Waals surface area (Å²) in [7, 11) is 0. The van der Waals surface area contributed by atoms with Crippen LogP contribution in [0.5, 0.6) is 0 Å². The summed E-state index contributed by atoms with van der Waals surface area (Å²) in [5.41, 5.74) is 1.06. The van der Waals surface area contributed by atoms with Crippen LogP contribution in [0.25, 0.3) is 0 Å². The molecule has 3 rings (SSSR count). The van der Waals surface area contributed by atoms with Crippen molar-refractivity contribution in [2.45, 2.75) is 50.6 Å². The number of hydrogen-bond acceptors (Lipinski definition) is 4. The molecule has 0 spiro atoms. The van der Waals surface area contributed by atoms with E-state index in [0.29, 0.717) is 12.1 Å². The largest absolute Gasteiger partial charge is 0.379 e. The highest BCUT2D eigenvalue weighted by molar-refractivity contribution is 5.38. The summed E-state index contributed by atoms with van der Waals surface area (Å²) in [6.07, 6.45) is 13.4. The van der Waals surface area contributed by atoms with Crippen molar-refractivity contribution in [3.63, 3.8) is 0 Å². The van der Waals surface area contributed by atoms with Crippen molar-refractivity contribution in [3.05, 3.63) is 18.7 Å². The van der Waals surface area contributed by atoms with Crippen LogP contribution in [-0.4, -0.2) is 28.6 Å². The van der Waals surface area contributed by atoms with Gasteiger partial charge in [-0.05, 0) is 38.1 Å². The Balaban J connectivity index is 1.67. The Bertz CT molecular complexity index is 361. The molecule has 0 amide bonds. The molecule has 2 heterocycles. The van der Waals surface area contributed by atoms with Crippen LogP contribution in [-0.2, 0) is 0 Å². The van der Waals surface area contributed by atoms with Gasteiger partial charge in [-0.15, -0.1) is 0 Å². The van der Waals surface area contributed by atoms with E-state index in [-0.39, 0.29) is 0 Å². The van der Waals surface area contributed by atoms with Gasteiger partial charge in [-0.25, -0.2) is 9.97 Å². The number of anilines is 1. The van der Waals surface area contributed by atoms with Crippen LogP contribution >= 0.6 is 0 Å². The van der Waals surface area contributed by atoms with Crippen molar-refractivity contribution >= 4 is 5.69 Å². The summed E-state index contributed by atoms with van der Waals surface area (Å²) >= 11 is 0. The van der Waals surface area contributed by atoms with Gasteiger partial charge in [0.25, 0.3) is 0 Å². The summed E-state index contributed by atoms with van der Waals surface area (Å²) in [5, 5.41) is 7.31. The summed E-state index contributed by atoms with van der Waals surface area (Å²) in [6.45, 7) is 1.20. The smallest absolute Gasteiger partial charge is 0.115 e. The third-order valence-electron chi connectivity index (χ3n) is 4.35. The molecule has 1 aromatic heterocycles. The molecule has 1 aliphatic heterocycles. The van der Waals surface area contributed by atoms with Gasteiger partial charge in [0.1, 0.15) is 6.33 Å². The number of aromatic nitrogens is 2. The molecule has 1 aromatic rings. The minimum Gasteiger partial charge on any atom is -0.379 e. The molecule has 0 aromatic carbocycles. The monoisotopic (exact) mass is 246 g/mol. The molecule has 18 heavy (non-hydrogen) atoms. The highest BCUT2D eigenvalue weighted by atomic mass is 15.0. The van der Waals surface area contributed by atoms with Crippen LogP contribution in [0.3, 0.4) is 0 Å². The molecule has 0 bridgehead atoms. The fraction of sp³-hybridized carbons (Fsp3) is 0.714. The lowest BCUT2D eigenvalue weighted by Crippen LogP contribution is -2.43.